The summed E-state index contributed by atoms with van der Waals surface area (Å²) in [7, 11) is 0. The lowest BCUT2D eigenvalue weighted by molar-refractivity contribution is -0.117. The van der Waals surface area contributed by atoms with Crippen molar-refractivity contribution in [3.63, 3.8) is 0 Å². The average Bonchev–Trinajstić information content (AvgIpc) is 1.93. The molecule has 0 fully saturated rings. The number of rotatable bonds is 2. The molecule has 4 heteroatoms. The Kier molecular flexibility index (Phi) is 2.06. The third-order valence-electron chi connectivity index (χ3n) is 1.20. The van der Waals surface area contributed by atoms with Crippen molar-refractivity contribution in [3.8, 4) is 0 Å². The number of nitrogen functional groups attached to an aromatic ring is 1. The van der Waals surface area contributed by atoms with E-state index in [4.69, 9.17) is 11.5 Å². The van der Waals surface area contributed by atoms with Crippen LogP contribution in [0.1, 0.15) is 5.69 Å². The molecule has 0 spiro atoms. The molecule has 1 aromatic rings. The highest BCUT2D eigenvalue weighted by atomic mass is 16.1. The van der Waals surface area contributed by atoms with Crippen LogP contribution in [0, 0.1) is 0 Å². The zero-order valence-electron chi connectivity index (χ0n) is 5.95. The van der Waals surface area contributed by atoms with Crippen molar-refractivity contribution in [1.29, 1.82) is 0 Å². The fourth-order valence-electron chi connectivity index (χ4n) is 0.719. The van der Waals surface area contributed by atoms with Gasteiger partial charge in [0.15, 0.2) is 0 Å². The maximum atomic E-state index is 10.4. The third-order valence-corrected chi connectivity index (χ3v) is 1.20. The number of aromatic nitrogens is 1. The quantitative estimate of drug-likeness (QED) is 0.608. The van der Waals surface area contributed by atoms with E-state index in [1.165, 1.54) is 6.20 Å². The smallest absolute Gasteiger partial charge is 0.223 e. The zero-order valence-corrected chi connectivity index (χ0v) is 5.95. The molecule has 4 N–H and O–H groups in total. The Balaban J connectivity index is 2.74. The van der Waals surface area contributed by atoms with E-state index in [2.05, 4.69) is 4.98 Å². The number of carbonyl (C=O) groups excluding carboxylic acids is 1. The molecule has 58 valence electrons. The van der Waals surface area contributed by atoms with Crippen LogP contribution in [-0.2, 0) is 11.2 Å². The molecule has 0 atom stereocenters. The molecular formula is C7H9N3O. The van der Waals surface area contributed by atoms with Crippen molar-refractivity contribution in [3.05, 3.63) is 24.0 Å². The summed E-state index contributed by atoms with van der Waals surface area (Å²) in [6.07, 6.45) is 1.67. The van der Waals surface area contributed by atoms with Crippen LogP contribution < -0.4 is 11.5 Å². The van der Waals surface area contributed by atoms with Gasteiger partial charge in [-0.2, -0.15) is 0 Å². The van der Waals surface area contributed by atoms with Crippen LogP contribution in [0.5, 0.6) is 0 Å². The summed E-state index contributed by atoms with van der Waals surface area (Å²) in [5.74, 6) is -0.387. The molecule has 0 saturated carbocycles. The van der Waals surface area contributed by atoms with Crippen molar-refractivity contribution < 1.29 is 4.79 Å². The fraction of sp³-hybridized carbons (Fsp3) is 0.143. The van der Waals surface area contributed by atoms with Crippen LogP contribution in [0.4, 0.5) is 5.69 Å². The summed E-state index contributed by atoms with van der Waals surface area (Å²) < 4.78 is 0. The normalized spacial score (nSPS) is 9.45. The number of nitrogens with two attached hydrogens (primary N) is 2. The second-order valence-corrected chi connectivity index (χ2v) is 2.23. The Morgan fingerprint density at radius 3 is 2.73 bits per heavy atom. The zero-order chi connectivity index (χ0) is 8.27. The number of carbonyl (C=O) groups is 1. The Morgan fingerprint density at radius 2 is 2.27 bits per heavy atom. The van der Waals surface area contributed by atoms with Gasteiger partial charge in [-0.15, -0.1) is 0 Å². The van der Waals surface area contributed by atoms with E-state index >= 15 is 0 Å². The molecule has 0 bridgehead atoms. The van der Waals surface area contributed by atoms with Gasteiger partial charge in [-0.3, -0.25) is 9.78 Å². The number of pyridine rings is 1. The Bertz CT molecular complexity index is 255. The fourth-order valence-corrected chi connectivity index (χ4v) is 0.719. The molecule has 0 saturated heterocycles. The standard InChI is InChI=1S/C7H9N3O/c8-5-1-2-6(10-4-5)3-7(9)11/h1-2,4H,3,8H2,(H2,9,11). The van der Waals surface area contributed by atoms with Gasteiger partial charge >= 0.3 is 0 Å². The first-order chi connectivity index (χ1) is 5.18. The number of hydrogen-bond donors (Lipinski definition) is 2. The van der Waals surface area contributed by atoms with E-state index in [0.717, 1.165) is 0 Å². The molecule has 0 radical (unpaired) electrons. The van der Waals surface area contributed by atoms with Crippen LogP contribution >= 0.6 is 0 Å². The van der Waals surface area contributed by atoms with Crippen molar-refractivity contribution in [2.24, 2.45) is 5.73 Å². The summed E-state index contributed by atoms with van der Waals surface area (Å²) in [5, 5.41) is 0. The Morgan fingerprint density at radius 1 is 1.55 bits per heavy atom. The molecule has 0 unspecified atom stereocenters. The minimum Gasteiger partial charge on any atom is -0.397 e. The molecular weight excluding hydrogens is 142 g/mol. The van der Waals surface area contributed by atoms with Crippen LogP contribution in [0.2, 0.25) is 0 Å². The van der Waals surface area contributed by atoms with Gasteiger partial charge in [-0.25, -0.2) is 0 Å². The van der Waals surface area contributed by atoms with E-state index in [-0.39, 0.29) is 12.3 Å². The molecule has 0 aromatic carbocycles. The van der Waals surface area contributed by atoms with E-state index < -0.39 is 0 Å². The minimum absolute atomic E-state index is 0.167. The van der Waals surface area contributed by atoms with Gasteiger partial charge in [0.25, 0.3) is 0 Å². The van der Waals surface area contributed by atoms with E-state index in [1.54, 1.807) is 12.1 Å². The third kappa shape index (κ3) is 2.25. The molecule has 0 aliphatic rings. The molecule has 11 heavy (non-hydrogen) atoms. The predicted octanol–water partition coefficient (Wildman–Crippen LogP) is -0.308. The summed E-state index contributed by atoms with van der Waals surface area (Å²) in [6, 6.07) is 3.37. The summed E-state index contributed by atoms with van der Waals surface area (Å²) in [5.41, 5.74) is 11.6. The highest BCUT2D eigenvalue weighted by Crippen LogP contribution is 2.00. The van der Waals surface area contributed by atoms with Gasteiger partial charge in [0, 0.05) is 5.69 Å². The molecule has 0 aliphatic heterocycles. The molecule has 1 amide bonds. The van der Waals surface area contributed by atoms with Gasteiger partial charge in [0.1, 0.15) is 0 Å². The first-order valence-corrected chi connectivity index (χ1v) is 3.17. The average molecular weight is 151 g/mol. The Labute approximate surface area is 64.2 Å². The highest BCUT2D eigenvalue weighted by molar-refractivity contribution is 5.76. The predicted molar refractivity (Wildman–Crippen MR) is 41.5 cm³/mol. The number of nitrogens with zero attached hydrogens (tertiary/aromatic N) is 1. The SMILES string of the molecule is NC(=O)Cc1ccc(N)cn1. The summed E-state index contributed by atoms with van der Waals surface area (Å²) in [6.45, 7) is 0. The highest BCUT2D eigenvalue weighted by Gasteiger charge is 1.97. The van der Waals surface area contributed by atoms with Crippen molar-refractivity contribution >= 4 is 11.6 Å². The minimum atomic E-state index is -0.387. The van der Waals surface area contributed by atoms with Crippen LogP contribution in [0.15, 0.2) is 18.3 Å². The second-order valence-electron chi connectivity index (χ2n) is 2.23. The molecule has 4 nitrogen and oxygen atoms in total. The Hall–Kier alpha value is -1.58. The van der Waals surface area contributed by atoms with Crippen molar-refractivity contribution in [2.75, 3.05) is 5.73 Å². The lowest BCUT2D eigenvalue weighted by atomic mass is 10.2. The van der Waals surface area contributed by atoms with Crippen LogP contribution in [-0.4, -0.2) is 10.9 Å². The lowest BCUT2D eigenvalue weighted by Crippen LogP contribution is -2.14. The number of amides is 1. The van der Waals surface area contributed by atoms with Crippen LogP contribution in [0.25, 0.3) is 0 Å². The van der Waals surface area contributed by atoms with Gasteiger partial charge in [-0.1, -0.05) is 0 Å². The van der Waals surface area contributed by atoms with Gasteiger partial charge < -0.3 is 11.5 Å². The van der Waals surface area contributed by atoms with Gasteiger partial charge in [0.2, 0.25) is 5.91 Å². The first kappa shape index (κ1) is 7.53. The van der Waals surface area contributed by atoms with Crippen molar-refractivity contribution in [1.82, 2.24) is 4.98 Å². The maximum Gasteiger partial charge on any atom is 0.223 e. The topological polar surface area (TPSA) is 82.0 Å². The van der Waals surface area contributed by atoms with Crippen LogP contribution in [0.3, 0.4) is 0 Å². The molecule has 1 aromatic heterocycles. The largest absolute Gasteiger partial charge is 0.397 e. The molecule has 1 heterocycles. The summed E-state index contributed by atoms with van der Waals surface area (Å²) in [4.78, 5) is 14.3. The molecule has 1 rings (SSSR count). The second kappa shape index (κ2) is 3.01. The number of anilines is 1. The number of primary amides is 1. The van der Waals surface area contributed by atoms with Crippen molar-refractivity contribution in [2.45, 2.75) is 6.42 Å². The number of hydrogen-bond acceptors (Lipinski definition) is 3. The van der Waals surface area contributed by atoms with Gasteiger partial charge in [-0.05, 0) is 12.1 Å². The monoisotopic (exact) mass is 151 g/mol. The molecule has 0 aliphatic carbocycles. The van der Waals surface area contributed by atoms with Gasteiger partial charge in [0.05, 0.1) is 18.3 Å². The van der Waals surface area contributed by atoms with E-state index in [0.29, 0.717) is 11.4 Å². The summed E-state index contributed by atoms with van der Waals surface area (Å²) >= 11 is 0. The first-order valence-electron chi connectivity index (χ1n) is 3.17. The lowest BCUT2D eigenvalue weighted by Gasteiger charge is -1.95. The van der Waals surface area contributed by atoms with E-state index in [1.807, 2.05) is 0 Å². The van der Waals surface area contributed by atoms with E-state index in [9.17, 15) is 4.79 Å². The maximum absolute atomic E-state index is 10.4.